The maximum Gasteiger partial charge on any atom is 0.277 e. The summed E-state index contributed by atoms with van der Waals surface area (Å²) in [7, 11) is -3.03. The minimum atomic E-state index is -3.03. The highest BCUT2D eigenvalue weighted by Crippen LogP contribution is 2.31. The van der Waals surface area contributed by atoms with Crippen LogP contribution in [0, 0.1) is 0 Å². The third-order valence-electron chi connectivity index (χ3n) is 5.07. The van der Waals surface area contributed by atoms with Crippen molar-refractivity contribution in [3.63, 3.8) is 0 Å². The zero-order chi connectivity index (χ0) is 18.9. The number of aromatic nitrogens is 2. The molecular weight excluding hydrogens is 406 g/mol. The van der Waals surface area contributed by atoms with Gasteiger partial charge in [0.05, 0.1) is 22.1 Å². The van der Waals surface area contributed by atoms with Gasteiger partial charge in [0, 0.05) is 12.1 Å². The number of thioether (sulfide) groups is 1. The molecule has 1 amide bonds. The molecule has 3 heterocycles. The van der Waals surface area contributed by atoms with Crippen molar-refractivity contribution in [2.75, 3.05) is 17.3 Å². The first kappa shape index (κ1) is 18.9. The van der Waals surface area contributed by atoms with E-state index in [9.17, 15) is 13.2 Å². The molecule has 10 heteroatoms. The van der Waals surface area contributed by atoms with Gasteiger partial charge in [-0.15, -0.1) is 21.5 Å². The normalized spacial score (nSPS) is 22.3. The van der Waals surface area contributed by atoms with Gasteiger partial charge in [-0.3, -0.25) is 4.79 Å². The lowest BCUT2D eigenvalue weighted by molar-refractivity contribution is -0.132. The molecule has 1 saturated heterocycles. The van der Waals surface area contributed by atoms with Crippen LogP contribution < -0.4 is 0 Å². The molecule has 0 spiro atoms. The summed E-state index contributed by atoms with van der Waals surface area (Å²) in [5.41, 5.74) is 0. The van der Waals surface area contributed by atoms with Gasteiger partial charge in [0.2, 0.25) is 5.91 Å². The number of carbonyl (C=O) groups excluding carboxylic acids is 1. The molecule has 7 nitrogen and oxygen atoms in total. The van der Waals surface area contributed by atoms with Gasteiger partial charge in [-0.25, -0.2) is 8.42 Å². The minimum absolute atomic E-state index is 0.0372. The monoisotopic (exact) mass is 427 g/mol. The second kappa shape index (κ2) is 7.92. The van der Waals surface area contributed by atoms with Gasteiger partial charge in [-0.2, -0.15) is 0 Å². The van der Waals surface area contributed by atoms with Gasteiger partial charge in [0.1, 0.15) is 0 Å². The maximum absolute atomic E-state index is 13.0. The van der Waals surface area contributed by atoms with E-state index >= 15 is 0 Å². The highest BCUT2D eigenvalue weighted by atomic mass is 32.2. The van der Waals surface area contributed by atoms with Gasteiger partial charge in [-0.1, -0.05) is 30.7 Å². The Morgan fingerprint density at radius 3 is 2.74 bits per heavy atom. The van der Waals surface area contributed by atoms with E-state index < -0.39 is 9.84 Å². The van der Waals surface area contributed by atoms with Crippen molar-refractivity contribution in [2.24, 2.45) is 0 Å². The molecule has 1 saturated carbocycles. The first-order valence-electron chi connectivity index (χ1n) is 9.03. The van der Waals surface area contributed by atoms with E-state index in [0.717, 1.165) is 30.6 Å². The van der Waals surface area contributed by atoms with Crippen molar-refractivity contribution in [1.29, 1.82) is 0 Å². The van der Waals surface area contributed by atoms with Crippen molar-refractivity contribution in [3.05, 3.63) is 17.5 Å². The molecule has 0 bridgehead atoms. The molecule has 27 heavy (non-hydrogen) atoms. The lowest BCUT2D eigenvalue weighted by atomic mass is 10.1. The number of thiophene rings is 1. The fraction of sp³-hybridized carbons (Fsp3) is 0.588. The molecule has 2 aromatic rings. The molecule has 0 aromatic carbocycles. The van der Waals surface area contributed by atoms with E-state index in [2.05, 4.69) is 10.2 Å². The Balaban J connectivity index is 1.42. The van der Waals surface area contributed by atoms with Gasteiger partial charge in [-0.05, 0) is 30.7 Å². The molecular formula is C17H21N3O4S3. The zero-order valence-corrected chi connectivity index (χ0v) is 17.2. The molecule has 1 aliphatic carbocycles. The third kappa shape index (κ3) is 4.38. The third-order valence-corrected chi connectivity index (χ3v) is 8.48. The number of carbonyl (C=O) groups is 1. The smallest absolute Gasteiger partial charge is 0.277 e. The molecule has 1 atom stereocenters. The fourth-order valence-electron chi connectivity index (χ4n) is 3.85. The summed E-state index contributed by atoms with van der Waals surface area (Å²) >= 11 is 2.73. The van der Waals surface area contributed by atoms with Gasteiger partial charge >= 0.3 is 0 Å². The topological polar surface area (TPSA) is 93.4 Å². The SMILES string of the molecule is O=C(CSc1nnc(-c2cccs2)o1)N(C1CCCC1)[C@H]1CCS(=O)(=O)C1. The number of amides is 1. The van der Waals surface area contributed by atoms with Crippen LogP contribution in [-0.2, 0) is 14.6 Å². The fourth-order valence-corrected chi connectivity index (χ4v) is 6.84. The van der Waals surface area contributed by atoms with E-state index in [0.29, 0.717) is 17.5 Å². The number of hydrogen-bond acceptors (Lipinski definition) is 8. The van der Waals surface area contributed by atoms with E-state index in [-0.39, 0.29) is 35.2 Å². The first-order valence-corrected chi connectivity index (χ1v) is 12.7. The van der Waals surface area contributed by atoms with Crippen molar-refractivity contribution in [1.82, 2.24) is 15.1 Å². The Hall–Kier alpha value is -1.39. The van der Waals surface area contributed by atoms with Crippen molar-refractivity contribution < 1.29 is 17.6 Å². The highest BCUT2D eigenvalue weighted by Gasteiger charge is 2.38. The minimum Gasteiger partial charge on any atom is -0.410 e. The molecule has 1 aliphatic heterocycles. The second-order valence-electron chi connectivity index (χ2n) is 6.94. The van der Waals surface area contributed by atoms with Crippen LogP contribution in [0.3, 0.4) is 0 Å². The van der Waals surface area contributed by atoms with Crippen LogP contribution in [0.5, 0.6) is 0 Å². The lowest BCUT2D eigenvalue weighted by Crippen LogP contribution is -2.47. The molecule has 0 N–H and O–H groups in total. The molecule has 4 rings (SSSR count). The maximum atomic E-state index is 13.0. The highest BCUT2D eigenvalue weighted by molar-refractivity contribution is 7.99. The summed E-state index contributed by atoms with van der Waals surface area (Å²) < 4.78 is 29.4. The number of nitrogens with zero attached hydrogens (tertiary/aromatic N) is 3. The van der Waals surface area contributed by atoms with Crippen LogP contribution in [0.2, 0.25) is 0 Å². The summed E-state index contributed by atoms with van der Waals surface area (Å²) in [6.07, 6.45) is 4.63. The van der Waals surface area contributed by atoms with Crippen molar-refractivity contribution >= 4 is 38.8 Å². The predicted octanol–water partition coefficient (Wildman–Crippen LogP) is 2.85. The average Bonchev–Trinajstić information content (AvgIpc) is 3.41. The van der Waals surface area contributed by atoms with Gasteiger partial charge < -0.3 is 9.32 Å². The quantitative estimate of drug-likeness (QED) is 0.654. The summed E-state index contributed by atoms with van der Waals surface area (Å²) in [6.45, 7) is 0. The summed E-state index contributed by atoms with van der Waals surface area (Å²) in [6, 6.07) is 3.77. The van der Waals surface area contributed by atoms with Crippen molar-refractivity contribution in [2.45, 2.75) is 49.4 Å². The molecule has 2 fully saturated rings. The number of hydrogen-bond donors (Lipinski definition) is 0. The van der Waals surface area contributed by atoms with Gasteiger partial charge in [0.15, 0.2) is 9.84 Å². The van der Waals surface area contributed by atoms with Crippen LogP contribution in [0.4, 0.5) is 0 Å². The Morgan fingerprint density at radius 2 is 2.07 bits per heavy atom. The van der Waals surface area contributed by atoms with E-state index in [1.165, 1.54) is 23.1 Å². The molecule has 0 unspecified atom stereocenters. The second-order valence-corrected chi connectivity index (χ2v) is 11.0. The van der Waals surface area contributed by atoms with Crippen LogP contribution >= 0.6 is 23.1 Å². The lowest BCUT2D eigenvalue weighted by Gasteiger charge is -2.34. The van der Waals surface area contributed by atoms with E-state index in [1.54, 1.807) is 0 Å². The predicted molar refractivity (Wildman–Crippen MR) is 104 cm³/mol. The zero-order valence-electron chi connectivity index (χ0n) is 14.7. The van der Waals surface area contributed by atoms with Crippen LogP contribution in [0.25, 0.3) is 10.8 Å². The Morgan fingerprint density at radius 1 is 1.26 bits per heavy atom. The Bertz CT molecular complexity index is 888. The van der Waals surface area contributed by atoms with E-state index in [1.807, 2.05) is 22.4 Å². The summed E-state index contributed by atoms with van der Waals surface area (Å²) in [4.78, 5) is 15.7. The number of sulfone groups is 1. The van der Waals surface area contributed by atoms with Crippen LogP contribution in [0.1, 0.15) is 32.1 Å². The van der Waals surface area contributed by atoms with Crippen LogP contribution in [0.15, 0.2) is 27.2 Å². The molecule has 146 valence electrons. The molecule has 2 aromatic heterocycles. The van der Waals surface area contributed by atoms with Crippen LogP contribution in [-0.4, -0.2) is 58.8 Å². The standard InChI is InChI=1S/C17H21N3O4S3/c21-15(10-26-17-19-18-16(24-17)14-6-3-8-25-14)20(12-4-1-2-5-12)13-7-9-27(22,23)11-13/h3,6,8,12-13H,1-2,4-5,7,9-11H2/t13-/m0/s1. The first-order chi connectivity index (χ1) is 13.0. The Labute approximate surface area is 166 Å². The average molecular weight is 428 g/mol. The van der Waals surface area contributed by atoms with E-state index in [4.69, 9.17) is 4.42 Å². The number of rotatable bonds is 6. The van der Waals surface area contributed by atoms with Crippen molar-refractivity contribution in [3.8, 4) is 10.8 Å². The summed E-state index contributed by atoms with van der Waals surface area (Å²) in [5, 5.41) is 10.3. The Kier molecular flexibility index (Phi) is 5.56. The largest absolute Gasteiger partial charge is 0.410 e. The molecule has 2 aliphatic rings. The van der Waals surface area contributed by atoms with Gasteiger partial charge in [0.25, 0.3) is 11.1 Å². The molecule has 0 radical (unpaired) electrons. The summed E-state index contributed by atoms with van der Waals surface area (Å²) in [5.74, 6) is 0.858.